The van der Waals surface area contributed by atoms with Crippen LogP contribution in [-0.4, -0.2) is 42.7 Å². The normalized spacial score (nSPS) is 15.8. The Balaban J connectivity index is 1.41. The Morgan fingerprint density at radius 1 is 1.11 bits per heavy atom. The number of amides is 1. The highest BCUT2D eigenvalue weighted by Gasteiger charge is 2.33. The molecule has 2 heterocycles. The predicted octanol–water partition coefficient (Wildman–Crippen LogP) is 2.97. The predicted molar refractivity (Wildman–Crippen MR) is 101 cm³/mol. The number of carbonyl (C=O) groups excluding carboxylic acids is 1. The van der Waals surface area contributed by atoms with Crippen molar-refractivity contribution in [3.05, 3.63) is 60.0 Å². The summed E-state index contributed by atoms with van der Waals surface area (Å²) in [6.07, 6.45) is 0.822. The summed E-state index contributed by atoms with van der Waals surface area (Å²) in [5.41, 5.74) is 1.22. The molecule has 2 aromatic carbocycles. The molecule has 0 N–H and O–H groups in total. The zero-order valence-electron chi connectivity index (χ0n) is 15.0. The van der Waals surface area contributed by atoms with Gasteiger partial charge >= 0.3 is 0 Å². The van der Waals surface area contributed by atoms with E-state index in [1.54, 1.807) is 11.0 Å². The van der Waals surface area contributed by atoms with Crippen molar-refractivity contribution in [1.82, 2.24) is 10.1 Å². The molecular weight excluding hydrogens is 383 g/mol. The van der Waals surface area contributed by atoms with Crippen molar-refractivity contribution >= 4 is 26.7 Å². The number of carbonyl (C=O) groups is 1. The van der Waals surface area contributed by atoms with Crippen molar-refractivity contribution in [3.63, 3.8) is 0 Å². The summed E-state index contributed by atoms with van der Waals surface area (Å²) in [4.78, 5) is 14.4. The fraction of sp³-hybridized carbons (Fsp3) is 0.300. The Morgan fingerprint density at radius 2 is 1.79 bits per heavy atom. The van der Waals surface area contributed by atoms with E-state index < -0.39 is 20.9 Å². The van der Waals surface area contributed by atoms with Crippen LogP contribution in [0.3, 0.4) is 0 Å². The number of para-hydroxylation sites is 1. The topological polar surface area (TPSA) is 80.5 Å². The number of halogens is 1. The van der Waals surface area contributed by atoms with Crippen LogP contribution in [0.15, 0.2) is 57.9 Å². The second kappa shape index (κ2) is 7.35. The fourth-order valence-corrected chi connectivity index (χ4v) is 5.28. The van der Waals surface area contributed by atoms with Gasteiger partial charge in [0.2, 0.25) is 5.91 Å². The third-order valence-electron chi connectivity index (χ3n) is 5.15. The molecular formula is C20H19FN2O4S. The van der Waals surface area contributed by atoms with Crippen LogP contribution in [-0.2, 0) is 21.1 Å². The Bertz CT molecular complexity index is 1100. The summed E-state index contributed by atoms with van der Waals surface area (Å²) in [7, 11) is -3.54. The van der Waals surface area contributed by atoms with E-state index >= 15 is 0 Å². The molecule has 1 aliphatic heterocycles. The maximum Gasteiger partial charge on any atom is 0.228 e. The monoisotopic (exact) mass is 402 g/mol. The molecule has 28 heavy (non-hydrogen) atoms. The van der Waals surface area contributed by atoms with Gasteiger partial charge in [-0.3, -0.25) is 4.79 Å². The molecule has 0 saturated carbocycles. The van der Waals surface area contributed by atoms with Gasteiger partial charge in [0, 0.05) is 18.5 Å². The van der Waals surface area contributed by atoms with Gasteiger partial charge in [0.25, 0.3) is 0 Å². The number of aromatic nitrogens is 1. The number of sulfone groups is 1. The van der Waals surface area contributed by atoms with Crippen molar-refractivity contribution in [2.45, 2.75) is 29.4 Å². The molecule has 146 valence electrons. The zero-order chi connectivity index (χ0) is 19.7. The van der Waals surface area contributed by atoms with E-state index in [2.05, 4.69) is 5.16 Å². The van der Waals surface area contributed by atoms with E-state index in [0.29, 0.717) is 37.2 Å². The number of hydrogen-bond donors (Lipinski definition) is 0. The number of likely N-dealkylation sites (tertiary alicyclic amines) is 1. The minimum absolute atomic E-state index is 0.100. The molecule has 4 rings (SSSR count). The van der Waals surface area contributed by atoms with Crippen LogP contribution in [0, 0.1) is 5.82 Å². The van der Waals surface area contributed by atoms with Crippen molar-refractivity contribution < 1.29 is 22.1 Å². The first kappa shape index (κ1) is 18.6. The van der Waals surface area contributed by atoms with Crippen LogP contribution in [0.2, 0.25) is 0 Å². The molecule has 0 aliphatic carbocycles. The lowest BCUT2D eigenvalue weighted by Crippen LogP contribution is -2.43. The molecule has 0 spiro atoms. The quantitative estimate of drug-likeness (QED) is 0.627. The first-order valence-electron chi connectivity index (χ1n) is 9.05. The molecule has 1 saturated heterocycles. The summed E-state index contributed by atoms with van der Waals surface area (Å²) in [5.74, 6) is -0.573. The highest BCUT2D eigenvalue weighted by molar-refractivity contribution is 7.92. The molecule has 3 aromatic rings. The van der Waals surface area contributed by atoms with E-state index in [-0.39, 0.29) is 17.2 Å². The minimum atomic E-state index is -3.54. The van der Waals surface area contributed by atoms with Gasteiger partial charge in [-0.25, -0.2) is 12.8 Å². The van der Waals surface area contributed by atoms with Gasteiger partial charge in [0.05, 0.1) is 16.6 Å². The maximum atomic E-state index is 13.1. The van der Waals surface area contributed by atoms with E-state index in [1.165, 1.54) is 12.1 Å². The minimum Gasteiger partial charge on any atom is -0.356 e. The van der Waals surface area contributed by atoms with Crippen molar-refractivity contribution in [2.24, 2.45) is 0 Å². The summed E-state index contributed by atoms with van der Waals surface area (Å²) in [6, 6.07) is 12.2. The molecule has 6 nitrogen and oxygen atoms in total. The summed E-state index contributed by atoms with van der Waals surface area (Å²) >= 11 is 0. The molecule has 8 heteroatoms. The van der Waals surface area contributed by atoms with Gasteiger partial charge in [-0.1, -0.05) is 17.3 Å². The average molecular weight is 402 g/mol. The lowest BCUT2D eigenvalue weighted by atomic mass is 10.1. The lowest BCUT2D eigenvalue weighted by Gasteiger charge is -2.31. The van der Waals surface area contributed by atoms with Crippen LogP contribution < -0.4 is 0 Å². The highest BCUT2D eigenvalue weighted by atomic mass is 32.2. The molecule has 0 atom stereocenters. The Morgan fingerprint density at radius 3 is 2.50 bits per heavy atom. The van der Waals surface area contributed by atoms with Crippen molar-refractivity contribution in [1.29, 1.82) is 0 Å². The molecule has 0 bridgehead atoms. The van der Waals surface area contributed by atoms with Gasteiger partial charge in [0.1, 0.15) is 11.5 Å². The van der Waals surface area contributed by atoms with E-state index in [1.807, 2.05) is 18.2 Å². The average Bonchev–Trinajstić information content (AvgIpc) is 3.11. The lowest BCUT2D eigenvalue weighted by molar-refractivity contribution is -0.131. The Labute approximate surface area is 161 Å². The molecule has 0 unspecified atom stereocenters. The highest BCUT2D eigenvalue weighted by Crippen LogP contribution is 2.26. The van der Waals surface area contributed by atoms with Crippen molar-refractivity contribution in [3.8, 4) is 0 Å². The number of piperidine rings is 1. The third kappa shape index (κ3) is 3.52. The number of nitrogens with zero attached hydrogens (tertiary/aromatic N) is 2. The summed E-state index contributed by atoms with van der Waals surface area (Å²) in [6.45, 7) is 0.722. The number of rotatable bonds is 4. The molecule has 1 amide bonds. The molecule has 0 radical (unpaired) electrons. The SMILES string of the molecule is O=C(Cc1noc2ccccc12)N1CCC(S(=O)(=O)c2ccc(F)cc2)CC1. The van der Waals surface area contributed by atoms with Gasteiger partial charge in [0.15, 0.2) is 15.4 Å². The van der Waals surface area contributed by atoms with Gasteiger partial charge < -0.3 is 9.42 Å². The van der Waals surface area contributed by atoms with Crippen molar-refractivity contribution in [2.75, 3.05) is 13.1 Å². The summed E-state index contributed by atoms with van der Waals surface area (Å²) in [5, 5.41) is 4.22. The van der Waals surface area contributed by atoms with Crippen LogP contribution in [0.4, 0.5) is 4.39 Å². The Kier molecular flexibility index (Phi) is 4.89. The number of benzene rings is 2. The Hall–Kier alpha value is -2.74. The molecule has 1 fully saturated rings. The smallest absolute Gasteiger partial charge is 0.228 e. The fourth-order valence-electron chi connectivity index (χ4n) is 3.55. The van der Waals surface area contributed by atoms with E-state index in [0.717, 1.165) is 17.5 Å². The third-order valence-corrected chi connectivity index (χ3v) is 7.42. The molecule has 1 aromatic heterocycles. The van der Waals surface area contributed by atoms with Crippen LogP contribution >= 0.6 is 0 Å². The second-order valence-electron chi connectivity index (χ2n) is 6.88. The number of hydrogen-bond acceptors (Lipinski definition) is 5. The largest absolute Gasteiger partial charge is 0.356 e. The van der Waals surface area contributed by atoms with Gasteiger partial charge in [-0.15, -0.1) is 0 Å². The summed E-state index contributed by atoms with van der Waals surface area (Å²) < 4.78 is 43.7. The van der Waals surface area contributed by atoms with Gasteiger partial charge in [-0.05, 0) is 49.2 Å². The van der Waals surface area contributed by atoms with E-state index in [9.17, 15) is 17.6 Å². The second-order valence-corrected chi connectivity index (χ2v) is 9.11. The first-order chi connectivity index (χ1) is 13.4. The standard InChI is InChI=1S/C20H19FN2O4S/c21-14-5-7-15(8-6-14)28(25,26)16-9-11-23(12-10-16)20(24)13-18-17-3-1-2-4-19(17)27-22-18/h1-8,16H,9-13H2. The van der Waals surface area contributed by atoms with Crippen LogP contribution in [0.1, 0.15) is 18.5 Å². The zero-order valence-corrected chi connectivity index (χ0v) is 15.9. The van der Waals surface area contributed by atoms with Crippen LogP contribution in [0.5, 0.6) is 0 Å². The number of fused-ring (bicyclic) bond motifs is 1. The molecule has 1 aliphatic rings. The van der Waals surface area contributed by atoms with Gasteiger partial charge in [-0.2, -0.15) is 0 Å². The van der Waals surface area contributed by atoms with E-state index in [4.69, 9.17) is 4.52 Å². The maximum absolute atomic E-state index is 13.1. The first-order valence-corrected chi connectivity index (χ1v) is 10.6. The van der Waals surface area contributed by atoms with Crippen LogP contribution in [0.25, 0.3) is 11.0 Å².